The van der Waals surface area contributed by atoms with Crippen molar-refractivity contribution in [1.82, 2.24) is 10.6 Å². The van der Waals surface area contributed by atoms with E-state index < -0.39 is 30.4 Å². The number of amides is 2. The first-order valence-corrected chi connectivity index (χ1v) is 11.6. The van der Waals surface area contributed by atoms with Crippen LogP contribution in [-0.2, 0) is 14.3 Å². The Morgan fingerprint density at radius 1 is 1.00 bits per heavy atom. The minimum Gasteiger partial charge on any atom is -0.481 e. The number of fused-ring (bicyclic) bond motifs is 3. The van der Waals surface area contributed by atoms with Gasteiger partial charge in [0, 0.05) is 12.0 Å². The fourth-order valence-electron chi connectivity index (χ4n) is 4.80. The van der Waals surface area contributed by atoms with Crippen LogP contribution < -0.4 is 10.6 Å². The molecule has 0 bridgehead atoms. The first kappa shape index (κ1) is 22.8. The zero-order chi connectivity index (χ0) is 23.4. The van der Waals surface area contributed by atoms with Gasteiger partial charge in [0.2, 0.25) is 5.91 Å². The maximum Gasteiger partial charge on any atom is 0.407 e. The fraction of sp³-hybridized carbons (Fsp3) is 0.423. The minimum absolute atomic E-state index is 0.0802. The number of nitrogens with one attached hydrogen (secondary N) is 2. The van der Waals surface area contributed by atoms with Gasteiger partial charge in [-0.25, -0.2) is 4.79 Å². The van der Waals surface area contributed by atoms with Gasteiger partial charge in [-0.15, -0.1) is 0 Å². The molecule has 174 valence electrons. The van der Waals surface area contributed by atoms with Crippen LogP contribution in [-0.4, -0.2) is 41.8 Å². The van der Waals surface area contributed by atoms with Crippen molar-refractivity contribution in [3.8, 4) is 11.1 Å². The van der Waals surface area contributed by atoms with Crippen LogP contribution in [0.1, 0.15) is 56.1 Å². The van der Waals surface area contributed by atoms with E-state index in [0.29, 0.717) is 5.92 Å². The van der Waals surface area contributed by atoms with E-state index in [1.54, 1.807) is 0 Å². The molecule has 1 saturated carbocycles. The van der Waals surface area contributed by atoms with E-state index in [1.807, 2.05) is 55.5 Å². The third kappa shape index (κ3) is 5.35. The lowest BCUT2D eigenvalue weighted by molar-refractivity contribution is -0.140. The third-order valence-corrected chi connectivity index (χ3v) is 6.63. The van der Waals surface area contributed by atoms with Crippen molar-refractivity contribution in [1.29, 1.82) is 0 Å². The van der Waals surface area contributed by atoms with Crippen LogP contribution >= 0.6 is 0 Å². The van der Waals surface area contributed by atoms with Gasteiger partial charge in [0.25, 0.3) is 0 Å². The quantitative estimate of drug-likeness (QED) is 0.534. The first-order chi connectivity index (χ1) is 15.9. The average Bonchev–Trinajstić information content (AvgIpc) is 3.08. The summed E-state index contributed by atoms with van der Waals surface area (Å²) in [6.07, 6.45) is 3.09. The van der Waals surface area contributed by atoms with Gasteiger partial charge in [-0.3, -0.25) is 9.59 Å². The van der Waals surface area contributed by atoms with Crippen molar-refractivity contribution in [3.05, 3.63) is 59.7 Å². The number of carbonyl (C=O) groups excluding carboxylic acids is 2. The minimum atomic E-state index is -1.19. The van der Waals surface area contributed by atoms with Crippen molar-refractivity contribution in [2.75, 3.05) is 6.61 Å². The number of carboxylic acids is 1. The van der Waals surface area contributed by atoms with Gasteiger partial charge in [-0.2, -0.15) is 0 Å². The Kier molecular flexibility index (Phi) is 6.96. The molecule has 0 aromatic heterocycles. The highest BCUT2D eigenvalue weighted by Gasteiger charge is 2.31. The van der Waals surface area contributed by atoms with Crippen molar-refractivity contribution in [2.24, 2.45) is 5.92 Å². The number of aliphatic carboxylic acids is 1. The van der Waals surface area contributed by atoms with E-state index >= 15 is 0 Å². The van der Waals surface area contributed by atoms with Crippen LogP contribution in [0.15, 0.2) is 48.5 Å². The monoisotopic (exact) mass is 450 g/mol. The molecular weight excluding hydrogens is 420 g/mol. The molecule has 0 aliphatic heterocycles. The second-order valence-electron chi connectivity index (χ2n) is 9.06. The van der Waals surface area contributed by atoms with Crippen molar-refractivity contribution >= 4 is 18.0 Å². The molecule has 0 saturated heterocycles. The van der Waals surface area contributed by atoms with Gasteiger partial charge in [-0.1, -0.05) is 67.8 Å². The Morgan fingerprint density at radius 3 is 2.15 bits per heavy atom. The third-order valence-electron chi connectivity index (χ3n) is 6.63. The molecule has 0 heterocycles. The molecule has 2 amide bonds. The Labute approximate surface area is 193 Å². The highest BCUT2D eigenvalue weighted by atomic mass is 16.5. The van der Waals surface area contributed by atoms with E-state index in [9.17, 15) is 19.5 Å². The Balaban J connectivity index is 1.36. The number of benzene rings is 2. The number of hydrogen-bond donors (Lipinski definition) is 3. The Hall–Kier alpha value is -3.35. The number of rotatable bonds is 9. The van der Waals surface area contributed by atoms with Crippen LogP contribution in [0.3, 0.4) is 0 Å². The number of ether oxygens (including phenoxy) is 1. The molecule has 3 N–H and O–H groups in total. The normalized spacial score (nSPS) is 16.6. The van der Waals surface area contributed by atoms with E-state index in [4.69, 9.17) is 4.74 Å². The molecule has 2 aromatic carbocycles. The summed E-state index contributed by atoms with van der Waals surface area (Å²) in [5.41, 5.74) is 4.39. The van der Waals surface area contributed by atoms with Gasteiger partial charge in [0.05, 0.1) is 6.42 Å². The van der Waals surface area contributed by atoms with Gasteiger partial charge in [0.15, 0.2) is 0 Å². The second-order valence-corrected chi connectivity index (χ2v) is 9.06. The maximum atomic E-state index is 12.7. The summed E-state index contributed by atoms with van der Waals surface area (Å²) in [6.45, 7) is 2.00. The summed E-state index contributed by atoms with van der Waals surface area (Å²) in [6, 6.07) is 14.7. The van der Waals surface area contributed by atoms with Crippen LogP contribution in [0.25, 0.3) is 11.1 Å². The van der Waals surface area contributed by atoms with Crippen LogP contribution in [0.5, 0.6) is 0 Å². The number of alkyl carbamates (subject to hydrolysis) is 1. The Morgan fingerprint density at radius 2 is 1.61 bits per heavy atom. The maximum absolute atomic E-state index is 12.7. The predicted octanol–water partition coefficient (Wildman–Crippen LogP) is 4.06. The van der Waals surface area contributed by atoms with Crippen LogP contribution in [0.2, 0.25) is 0 Å². The molecule has 2 aromatic rings. The molecule has 0 radical (unpaired) electrons. The van der Waals surface area contributed by atoms with Gasteiger partial charge in [0.1, 0.15) is 12.6 Å². The van der Waals surface area contributed by atoms with E-state index in [1.165, 1.54) is 6.42 Å². The summed E-state index contributed by atoms with van der Waals surface area (Å²) in [5, 5.41) is 14.5. The second kappa shape index (κ2) is 10.1. The first-order valence-electron chi connectivity index (χ1n) is 11.6. The SMILES string of the molecule is CC(CC1CCC1)NC(=O)C(CC(=O)O)NC(=O)OCC1c2ccccc2-c2ccccc21. The summed E-state index contributed by atoms with van der Waals surface area (Å²) >= 11 is 0. The van der Waals surface area contributed by atoms with E-state index in [2.05, 4.69) is 10.6 Å². The lowest BCUT2D eigenvalue weighted by Crippen LogP contribution is -2.50. The number of hydrogen-bond acceptors (Lipinski definition) is 4. The highest BCUT2D eigenvalue weighted by molar-refractivity contribution is 5.89. The smallest absolute Gasteiger partial charge is 0.407 e. The van der Waals surface area contributed by atoms with E-state index in [-0.39, 0.29) is 18.6 Å². The summed E-state index contributed by atoms with van der Waals surface area (Å²) in [4.78, 5) is 36.5. The average molecular weight is 451 g/mol. The molecule has 1 fully saturated rings. The standard InChI is InChI=1S/C26H30N2O5/c1-16(13-17-7-6-8-17)27-25(31)23(14-24(29)30)28-26(32)33-15-22-20-11-4-2-9-18(20)19-10-3-5-12-21(19)22/h2-5,9-12,16-17,22-23H,6-8,13-15H2,1H3,(H,27,31)(H,28,32)(H,29,30). The number of carboxylic acid groups (broad SMARTS) is 1. The molecule has 7 nitrogen and oxygen atoms in total. The van der Waals surface area contributed by atoms with Gasteiger partial charge < -0.3 is 20.5 Å². The molecule has 2 aliphatic carbocycles. The fourth-order valence-corrected chi connectivity index (χ4v) is 4.80. The summed E-state index contributed by atoms with van der Waals surface area (Å²) < 4.78 is 5.47. The largest absolute Gasteiger partial charge is 0.481 e. The molecule has 0 spiro atoms. The van der Waals surface area contributed by atoms with Crippen LogP contribution in [0, 0.1) is 5.92 Å². The highest BCUT2D eigenvalue weighted by Crippen LogP contribution is 2.44. The zero-order valence-corrected chi connectivity index (χ0v) is 18.8. The molecule has 2 unspecified atom stereocenters. The summed E-state index contributed by atoms with van der Waals surface area (Å²) in [7, 11) is 0. The van der Waals surface area contributed by atoms with Crippen molar-refractivity contribution < 1.29 is 24.2 Å². The molecular formula is C26H30N2O5. The lowest BCUT2D eigenvalue weighted by atomic mass is 9.81. The summed E-state index contributed by atoms with van der Waals surface area (Å²) in [5.74, 6) is -1.18. The molecule has 7 heteroatoms. The molecule has 2 atom stereocenters. The zero-order valence-electron chi connectivity index (χ0n) is 18.8. The predicted molar refractivity (Wildman–Crippen MR) is 124 cm³/mol. The van der Waals surface area contributed by atoms with Gasteiger partial charge in [-0.05, 0) is 41.5 Å². The lowest BCUT2D eigenvalue weighted by Gasteiger charge is -2.29. The van der Waals surface area contributed by atoms with Gasteiger partial charge >= 0.3 is 12.1 Å². The topological polar surface area (TPSA) is 105 Å². The number of carbonyl (C=O) groups is 3. The van der Waals surface area contributed by atoms with Crippen molar-refractivity contribution in [2.45, 2.75) is 57.0 Å². The molecule has 4 rings (SSSR count). The van der Waals surface area contributed by atoms with E-state index in [0.717, 1.165) is 41.5 Å². The molecule has 2 aliphatic rings. The molecule has 33 heavy (non-hydrogen) atoms. The Bertz CT molecular complexity index is 987. The van der Waals surface area contributed by atoms with Crippen LogP contribution in [0.4, 0.5) is 4.79 Å². The van der Waals surface area contributed by atoms with Crippen molar-refractivity contribution in [3.63, 3.8) is 0 Å².